The molecule has 1 aliphatic carbocycles. The van der Waals surface area contributed by atoms with E-state index in [2.05, 4.69) is 0 Å². The molecular weight excluding hydrogens is 268 g/mol. The summed E-state index contributed by atoms with van der Waals surface area (Å²) in [6.07, 6.45) is 0.210. The minimum Gasteiger partial charge on any atom is -0.400 e. The van der Waals surface area contributed by atoms with Gasteiger partial charge in [0, 0.05) is 18.2 Å². The van der Waals surface area contributed by atoms with Gasteiger partial charge in [0.25, 0.3) is 5.70 Å². The molecule has 2 rings (SSSR count). The molecule has 2 unspecified atom stereocenters. The molecule has 0 fully saturated rings. The molecule has 0 radical (unpaired) electrons. The number of benzene rings is 1. The highest BCUT2D eigenvalue weighted by Crippen LogP contribution is 2.32. The lowest BCUT2D eigenvalue weighted by atomic mass is 9.80. The van der Waals surface area contributed by atoms with Crippen molar-refractivity contribution in [3.05, 3.63) is 69.3 Å². The van der Waals surface area contributed by atoms with Crippen LogP contribution in [0.3, 0.4) is 0 Å². The average Bonchev–Trinajstić information content (AvgIpc) is 2.38. The molecule has 1 aromatic rings. The van der Waals surface area contributed by atoms with Crippen LogP contribution in [0.1, 0.15) is 5.56 Å². The van der Waals surface area contributed by atoms with Crippen molar-refractivity contribution in [1.29, 1.82) is 0 Å². The summed E-state index contributed by atoms with van der Waals surface area (Å²) in [5.41, 5.74) is 9.37. The monoisotopic (exact) mass is 281 g/mol. The van der Waals surface area contributed by atoms with E-state index < -0.39 is 28.1 Å². The summed E-state index contributed by atoms with van der Waals surface area (Å²) in [5.74, 6) is -0.454. The maximum Gasteiger partial charge on any atom is 0.269 e. The molecule has 4 N–H and O–H groups in total. The first kappa shape index (κ1) is 14.1. The largest absolute Gasteiger partial charge is 0.400 e. The van der Waals surface area contributed by atoms with Crippen LogP contribution >= 0.6 is 0 Å². The number of allylic oxidation sites excluding steroid dienone is 2. The first-order valence-corrected chi connectivity index (χ1v) is 5.84. The maximum atomic E-state index is 14.3. The van der Waals surface area contributed by atoms with Crippen LogP contribution in [0, 0.1) is 15.9 Å². The van der Waals surface area contributed by atoms with E-state index in [1.165, 1.54) is 24.3 Å². The highest BCUT2D eigenvalue weighted by atomic mass is 19.1. The second-order valence-electron chi connectivity index (χ2n) is 4.68. The zero-order chi connectivity index (χ0) is 14.9. The first-order chi connectivity index (χ1) is 9.34. The SMILES string of the molecule is NC1=CC=C([N+](=O)[O-])C(N)(Cc2ccc(F)cc2)C1F. The fourth-order valence-electron chi connectivity index (χ4n) is 2.19. The zero-order valence-corrected chi connectivity index (χ0v) is 10.4. The number of hydrogen-bond donors (Lipinski definition) is 2. The molecule has 106 valence electrons. The van der Waals surface area contributed by atoms with Crippen molar-refractivity contribution in [1.82, 2.24) is 0 Å². The Kier molecular flexibility index (Phi) is 3.54. The molecule has 1 aliphatic rings. The van der Waals surface area contributed by atoms with Crippen LogP contribution in [0.4, 0.5) is 8.78 Å². The fraction of sp³-hybridized carbons (Fsp3) is 0.231. The van der Waals surface area contributed by atoms with E-state index in [9.17, 15) is 18.9 Å². The molecule has 5 nitrogen and oxygen atoms in total. The number of halogens is 2. The molecule has 0 amide bonds. The Morgan fingerprint density at radius 2 is 1.90 bits per heavy atom. The number of hydrogen-bond acceptors (Lipinski definition) is 4. The van der Waals surface area contributed by atoms with Gasteiger partial charge in [-0.1, -0.05) is 12.1 Å². The van der Waals surface area contributed by atoms with Crippen molar-refractivity contribution < 1.29 is 13.7 Å². The molecule has 0 spiro atoms. The quantitative estimate of drug-likeness (QED) is 0.647. The van der Waals surface area contributed by atoms with E-state index in [1.807, 2.05) is 0 Å². The third kappa shape index (κ3) is 2.39. The Hall–Kier alpha value is -2.28. The smallest absolute Gasteiger partial charge is 0.269 e. The Morgan fingerprint density at radius 3 is 2.45 bits per heavy atom. The van der Waals surface area contributed by atoms with Gasteiger partial charge in [-0.25, -0.2) is 8.78 Å². The van der Waals surface area contributed by atoms with Crippen LogP contribution in [0.5, 0.6) is 0 Å². The summed E-state index contributed by atoms with van der Waals surface area (Å²) >= 11 is 0. The summed E-state index contributed by atoms with van der Waals surface area (Å²) in [4.78, 5) is 10.3. The Labute approximate surface area is 113 Å². The summed E-state index contributed by atoms with van der Waals surface area (Å²) in [7, 11) is 0. The molecule has 1 aromatic carbocycles. The van der Waals surface area contributed by atoms with Crippen molar-refractivity contribution in [3.8, 4) is 0 Å². The van der Waals surface area contributed by atoms with Gasteiger partial charge in [0.1, 0.15) is 11.4 Å². The molecule has 0 heterocycles. The lowest BCUT2D eigenvalue weighted by Crippen LogP contribution is -2.57. The van der Waals surface area contributed by atoms with Crippen LogP contribution in [-0.2, 0) is 6.42 Å². The van der Waals surface area contributed by atoms with Gasteiger partial charge in [0.15, 0.2) is 6.17 Å². The minimum atomic E-state index is -1.88. The molecule has 0 aromatic heterocycles. The highest BCUT2D eigenvalue weighted by molar-refractivity contribution is 5.36. The van der Waals surface area contributed by atoms with Crippen molar-refractivity contribution in [2.45, 2.75) is 18.1 Å². The van der Waals surface area contributed by atoms with Gasteiger partial charge in [0.05, 0.1) is 4.92 Å². The van der Waals surface area contributed by atoms with E-state index in [1.54, 1.807) is 0 Å². The number of nitrogens with two attached hydrogens (primary N) is 2. The van der Waals surface area contributed by atoms with Crippen LogP contribution in [0.2, 0.25) is 0 Å². The number of nitrogens with zero attached hydrogens (tertiary/aromatic N) is 1. The molecule has 0 saturated heterocycles. The minimum absolute atomic E-state index is 0.157. The van der Waals surface area contributed by atoms with Crippen molar-refractivity contribution in [2.75, 3.05) is 0 Å². The second kappa shape index (κ2) is 5.01. The maximum absolute atomic E-state index is 14.3. The third-order valence-corrected chi connectivity index (χ3v) is 3.26. The Bertz CT molecular complexity index is 598. The predicted molar refractivity (Wildman–Crippen MR) is 69.3 cm³/mol. The van der Waals surface area contributed by atoms with Crippen LogP contribution in [-0.4, -0.2) is 16.6 Å². The second-order valence-corrected chi connectivity index (χ2v) is 4.68. The van der Waals surface area contributed by atoms with Gasteiger partial charge in [-0.15, -0.1) is 0 Å². The molecular formula is C13H13F2N3O2. The van der Waals surface area contributed by atoms with E-state index in [4.69, 9.17) is 11.5 Å². The van der Waals surface area contributed by atoms with Crippen molar-refractivity contribution in [2.24, 2.45) is 11.5 Å². The van der Waals surface area contributed by atoms with Crippen LogP contribution in [0.25, 0.3) is 0 Å². The molecule has 0 bridgehead atoms. The van der Waals surface area contributed by atoms with E-state index >= 15 is 0 Å². The lowest BCUT2D eigenvalue weighted by Gasteiger charge is -2.32. The van der Waals surface area contributed by atoms with E-state index in [0.29, 0.717) is 5.56 Å². The molecule has 0 saturated carbocycles. The fourth-order valence-corrected chi connectivity index (χ4v) is 2.19. The van der Waals surface area contributed by atoms with Gasteiger partial charge < -0.3 is 11.5 Å². The normalized spacial score (nSPS) is 25.9. The predicted octanol–water partition coefficient (Wildman–Crippen LogP) is 1.42. The number of alkyl halides is 1. The summed E-state index contributed by atoms with van der Waals surface area (Å²) in [5, 5.41) is 11.0. The van der Waals surface area contributed by atoms with Gasteiger partial charge in [-0.3, -0.25) is 10.1 Å². The van der Waals surface area contributed by atoms with Crippen molar-refractivity contribution in [3.63, 3.8) is 0 Å². The molecule has 7 heteroatoms. The van der Waals surface area contributed by atoms with Gasteiger partial charge in [0.2, 0.25) is 0 Å². The van der Waals surface area contributed by atoms with Gasteiger partial charge >= 0.3 is 0 Å². The number of nitro groups is 1. The Balaban J connectivity index is 2.39. The summed E-state index contributed by atoms with van der Waals surface area (Å²) < 4.78 is 27.1. The summed E-state index contributed by atoms with van der Waals surface area (Å²) in [6, 6.07) is 5.18. The average molecular weight is 281 g/mol. The van der Waals surface area contributed by atoms with Crippen LogP contribution < -0.4 is 11.5 Å². The van der Waals surface area contributed by atoms with Gasteiger partial charge in [-0.2, -0.15) is 0 Å². The Morgan fingerprint density at radius 1 is 1.30 bits per heavy atom. The van der Waals surface area contributed by atoms with E-state index in [-0.39, 0.29) is 12.1 Å². The number of rotatable bonds is 3. The summed E-state index contributed by atoms with van der Waals surface area (Å²) in [6.45, 7) is 0. The molecule has 0 aliphatic heterocycles. The molecule has 20 heavy (non-hydrogen) atoms. The van der Waals surface area contributed by atoms with Gasteiger partial charge in [-0.05, 0) is 23.8 Å². The van der Waals surface area contributed by atoms with E-state index in [0.717, 1.165) is 12.2 Å². The standard InChI is InChI=1S/C13H13F2N3O2/c14-9-3-1-8(2-4-9)7-13(17)11(18(19)20)6-5-10(16)12(13)15/h1-6,12H,7,16-17H2. The van der Waals surface area contributed by atoms with Crippen LogP contribution in [0.15, 0.2) is 47.8 Å². The lowest BCUT2D eigenvalue weighted by molar-refractivity contribution is -0.436. The molecule has 2 atom stereocenters. The zero-order valence-electron chi connectivity index (χ0n) is 10.4. The topological polar surface area (TPSA) is 95.2 Å². The first-order valence-electron chi connectivity index (χ1n) is 5.84. The highest BCUT2D eigenvalue weighted by Gasteiger charge is 2.49. The third-order valence-electron chi connectivity index (χ3n) is 3.26. The van der Waals surface area contributed by atoms with Crippen molar-refractivity contribution >= 4 is 0 Å².